The molecule has 0 aromatic carbocycles. The van der Waals surface area contributed by atoms with E-state index in [0.29, 0.717) is 24.3 Å². The summed E-state index contributed by atoms with van der Waals surface area (Å²) in [5.74, 6) is 1.49. The summed E-state index contributed by atoms with van der Waals surface area (Å²) >= 11 is 0. The number of hydrogen-bond donors (Lipinski definition) is 1. The van der Waals surface area contributed by atoms with Gasteiger partial charge in [-0.2, -0.15) is 0 Å². The predicted octanol–water partition coefficient (Wildman–Crippen LogP) is 1.30. The number of amides is 2. The Bertz CT molecular complexity index is 362. The molecule has 0 aromatic heterocycles. The van der Waals surface area contributed by atoms with E-state index in [1.807, 2.05) is 18.7 Å². The molecule has 0 bridgehead atoms. The van der Waals surface area contributed by atoms with Crippen LogP contribution in [0.2, 0.25) is 0 Å². The van der Waals surface area contributed by atoms with Crippen LogP contribution in [0.4, 0.5) is 0 Å². The summed E-state index contributed by atoms with van der Waals surface area (Å²) in [5.41, 5.74) is 0. The highest BCUT2D eigenvalue weighted by molar-refractivity contribution is 5.97. The monoisotopic (exact) mass is 250 g/mol. The number of hydrogen-bond acceptors (Lipinski definition) is 2. The van der Waals surface area contributed by atoms with Crippen molar-refractivity contribution in [2.24, 2.45) is 11.8 Å². The van der Waals surface area contributed by atoms with Gasteiger partial charge in [0.25, 0.3) is 0 Å². The molecule has 3 rings (SSSR count). The topological polar surface area (TPSA) is 49.4 Å². The molecule has 1 aliphatic heterocycles. The van der Waals surface area contributed by atoms with E-state index >= 15 is 0 Å². The first-order chi connectivity index (χ1) is 8.63. The summed E-state index contributed by atoms with van der Waals surface area (Å²) in [7, 11) is 0. The number of piperazine rings is 1. The molecule has 3 fully saturated rings. The summed E-state index contributed by atoms with van der Waals surface area (Å²) in [6.07, 6.45) is 5.62. The molecule has 100 valence electrons. The van der Waals surface area contributed by atoms with E-state index in [-0.39, 0.29) is 23.9 Å². The Morgan fingerprint density at radius 2 is 1.78 bits per heavy atom. The zero-order valence-electron chi connectivity index (χ0n) is 11.2. The van der Waals surface area contributed by atoms with Gasteiger partial charge in [0.15, 0.2) is 0 Å². The van der Waals surface area contributed by atoms with Crippen LogP contribution >= 0.6 is 0 Å². The van der Waals surface area contributed by atoms with Crippen LogP contribution in [-0.4, -0.2) is 34.8 Å². The summed E-state index contributed by atoms with van der Waals surface area (Å²) < 4.78 is 0. The Morgan fingerprint density at radius 1 is 1.22 bits per heavy atom. The lowest BCUT2D eigenvalue weighted by molar-refractivity contribution is -0.152. The van der Waals surface area contributed by atoms with Gasteiger partial charge in [-0.05, 0) is 50.9 Å². The Morgan fingerprint density at radius 3 is 2.22 bits per heavy atom. The van der Waals surface area contributed by atoms with Gasteiger partial charge in [-0.1, -0.05) is 6.92 Å². The largest absolute Gasteiger partial charge is 0.343 e. The molecule has 0 spiro atoms. The molecular weight excluding hydrogens is 228 g/mol. The molecule has 2 amide bonds. The van der Waals surface area contributed by atoms with E-state index in [4.69, 9.17) is 0 Å². The van der Waals surface area contributed by atoms with Crippen LogP contribution in [0.15, 0.2) is 0 Å². The average Bonchev–Trinajstić information content (AvgIpc) is 3.22. The second-order valence-electron chi connectivity index (χ2n) is 6.06. The van der Waals surface area contributed by atoms with Gasteiger partial charge in [0.2, 0.25) is 11.8 Å². The van der Waals surface area contributed by atoms with Crippen molar-refractivity contribution in [3.8, 4) is 0 Å². The maximum Gasteiger partial charge on any atom is 0.246 e. The maximum absolute atomic E-state index is 12.5. The van der Waals surface area contributed by atoms with Crippen LogP contribution in [0.25, 0.3) is 0 Å². The third-order valence-electron chi connectivity index (χ3n) is 4.61. The van der Waals surface area contributed by atoms with Crippen molar-refractivity contribution in [3.05, 3.63) is 0 Å². The van der Waals surface area contributed by atoms with Crippen molar-refractivity contribution >= 4 is 11.8 Å². The predicted molar refractivity (Wildman–Crippen MR) is 67.8 cm³/mol. The maximum atomic E-state index is 12.5. The lowest BCUT2D eigenvalue weighted by Gasteiger charge is -2.42. The SMILES string of the molecule is CCC1NC(=O)C(C)N(C(C2CC2)C2CC2)C1=O. The van der Waals surface area contributed by atoms with E-state index in [1.165, 1.54) is 25.7 Å². The highest BCUT2D eigenvalue weighted by Crippen LogP contribution is 2.48. The second kappa shape index (κ2) is 4.25. The third kappa shape index (κ3) is 1.91. The fraction of sp³-hybridized carbons (Fsp3) is 0.857. The van der Waals surface area contributed by atoms with Gasteiger partial charge in [-0.3, -0.25) is 9.59 Å². The molecule has 2 aliphatic carbocycles. The minimum absolute atomic E-state index is 0.0211. The molecule has 2 saturated carbocycles. The minimum Gasteiger partial charge on any atom is -0.343 e. The number of rotatable bonds is 4. The van der Waals surface area contributed by atoms with Gasteiger partial charge in [0.05, 0.1) is 0 Å². The molecule has 2 atom stereocenters. The van der Waals surface area contributed by atoms with Crippen molar-refractivity contribution in [1.29, 1.82) is 0 Å². The molecular formula is C14H22N2O2. The smallest absolute Gasteiger partial charge is 0.246 e. The summed E-state index contributed by atoms with van der Waals surface area (Å²) in [6.45, 7) is 3.83. The van der Waals surface area contributed by atoms with E-state index < -0.39 is 0 Å². The first-order valence-corrected chi connectivity index (χ1v) is 7.26. The van der Waals surface area contributed by atoms with E-state index in [2.05, 4.69) is 5.32 Å². The molecule has 2 unspecified atom stereocenters. The van der Waals surface area contributed by atoms with Crippen LogP contribution in [-0.2, 0) is 9.59 Å². The fourth-order valence-corrected chi connectivity index (χ4v) is 3.25. The van der Waals surface area contributed by atoms with Crippen LogP contribution in [0.1, 0.15) is 46.0 Å². The lowest BCUT2D eigenvalue weighted by atomic mass is 9.98. The number of nitrogens with one attached hydrogen (secondary N) is 1. The van der Waals surface area contributed by atoms with Crippen molar-refractivity contribution in [3.63, 3.8) is 0 Å². The quantitative estimate of drug-likeness (QED) is 0.817. The Labute approximate surface area is 108 Å². The van der Waals surface area contributed by atoms with E-state index in [9.17, 15) is 9.59 Å². The normalized spacial score (nSPS) is 32.9. The zero-order valence-corrected chi connectivity index (χ0v) is 11.2. The number of nitrogens with zero attached hydrogens (tertiary/aromatic N) is 1. The summed E-state index contributed by atoms with van der Waals surface area (Å²) in [5, 5.41) is 2.84. The molecule has 0 aromatic rings. The summed E-state index contributed by atoms with van der Waals surface area (Å²) in [4.78, 5) is 26.5. The first-order valence-electron chi connectivity index (χ1n) is 7.26. The number of carbonyl (C=O) groups excluding carboxylic acids is 2. The van der Waals surface area contributed by atoms with Crippen molar-refractivity contribution < 1.29 is 9.59 Å². The summed E-state index contributed by atoms with van der Waals surface area (Å²) in [6, 6.07) is -0.243. The second-order valence-corrected chi connectivity index (χ2v) is 6.06. The van der Waals surface area contributed by atoms with Crippen LogP contribution in [0.3, 0.4) is 0 Å². The Balaban J connectivity index is 1.85. The highest BCUT2D eigenvalue weighted by Gasteiger charge is 2.51. The molecule has 18 heavy (non-hydrogen) atoms. The number of carbonyl (C=O) groups is 2. The highest BCUT2D eigenvalue weighted by atomic mass is 16.2. The van der Waals surface area contributed by atoms with Crippen LogP contribution in [0.5, 0.6) is 0 Å². The van der Waals surface area contributed by atoms with Crippen molar-refractivity contribution in [1.82, 2.24) is 10.2 Å². The van der Waals surface area contributed by atoms with Crippen molar-refractivity contribution in [2.45, 2.75) is 64.1 Å². The third-order valence-corrected chi connectivity index (χ3v) is 4.61. The zero-order chi connectivity index (χ0) is 12.9. The first kappa shape index (κ1) is 12.0. The van der Waals surface area contributed by atoms with E-state index in [1.54, 1.807) is 0 Å². The molecule has 4 heteroatoms. The van der Waals surface area contributed by atoms with Gasteiger partial charge >= 0.3 is 0 Å². The minimum atomic E-state index is -0.298. The molecule has 1 saturated heterocycles. The Kier molecular flexibility index (Phi) is 2.83. The van der Waals surface area contributed by atoms with Gasteiger partial charge in [0.1, 0.15) is 12.1 Å². The van der Waals surface area contributed by atoms with Crippen LogP contribution in [0, 0.1) is 11.8 Å². The molecule has 1 N–H and O–H groups in total. The van der Waals surface area contributed by atoms with Gasteiger partial charge in [-0.25, -0.2) is 0 Å². The van der Waals surface area contributed by atoms with Crippen LogP contribution < -0.4 is 5.32 Å². The fourth-order valence-electron chi connectivity index (χ4n) is 3.25. The standard InChI is InChI=1S/C14H22N2O2/c1-3-11-14(18)16(8(2)13(17)15-11)12(9-4-5-9)10-6-7-10/h8-12H,3-7H2,1-2H3,(H,15,17). The molecule has 4 nitrogen and oxygen atoms in total. The Hall–Kier alpha value is -1.06. The lowest BCUT2D eigenvalue weighted by Crippen LogP contribution is -2.65. The van der Waals surface area contributed by atoms with Crippen molar-refractivity contribution in [2.75, 3.05) is 0 Å². The van der Waals surface area contributed by atoms with Gasteiger partial charge in [-0.15, -0.1) is 0 Å². The average molecular weight is 250 g/mol. The van der Waals surface area contributed by atoms with E-state index in [0.717, 1.165) is 0 Å². The molecule has 0 radical (unpaired) electrons. The van der Waals surface area contributed by atoms with Gasteiger partial charge in [0, 0.05) is 6.04 Å². The van der Waals surface area contributed by atoms with Gasteiger partial charge < -0.3 is 10.2 Å². The molecule has 1 heterocycles. The molecule has 3 aliphatic rings.